The summed E-state index contributed by atoms with van der Waals surface area (Å²) < 4.78 is 2.28. The Hall–Kier alpha value is -1.26. The quantitative estimate of drug-likeness (QED) is 0.574. The Morgan fingerprint density at radius 1 is 1.29 bits per heavy atom. The normalized spacial score (nSPS) is 15.5. The molecule has 3 rings (SSSR count). The lowest BCUT2D eigenvalue weighted by atomic mass is 10.2. The minimum Gasteiger partial charge on any atom is -0.299 e. The van der Waals surface area contributed by atoms with Gasteiger partial charge in [-0.3, -0.25) is 4.57 Å². The van der Waals surface area contributed by atoms with Crippen LogP contribution in [0.5, 0.6) is 0 Å². The molecule has 5 heteroatoms. The highest BCUT2D eigenvalue weighted by atomic mass is 35.5. The van der Waals surface area contributed by atoms with Gasteiger partial charge in [0.15, 0.2) is 11.0 Å². The molecule has 0 radical (unpaired) electrons. The van der Waals surface area contributed by atoms with Crippen LogP contribution in [-0.4, -0.2) is 20.5 Å². The van der Waals surface area contributed by atoms with Crippen molar-refractivity contribution in [2.75, 3.05) is 5.75 Å². The topological polar surface area (TPSA) is 30.7 Å². The molecule has 1 aromatic carbocycles. The first-order valence-electron chi connectivity index (χ1n) is 7.24. The Bertz CT molecular complexity index is 632. The van der Waals surface area contributed by atoms with Gasteiger partial charge in [-0.1, -0.05) is 54.4 Å². The highest BCUT2D eigenvalue weighted by molar-refractivity contribution is 7.99. The predicted octanol–water partition coefficient (Wildman–Crippen LogP) is 4.99. The van der Waals surface area contributed by atoms with Gasteiger partial charge in [0.2, 0.25) is 0 Å². The molecule has 0 unspecified atom stereocenters. The van der Waals surface area contributed by atoms with E-state index in [2.05, 4.69) is 21.3 Å². The van der Waals surface area contributed by atoms with Gasteiger partial charge in [-0.15, -0.1) is 16.8 Å². The number of hydrogen-bond donors (Lipinski definition) is 0. The summed E-state index contributed by atoms with van der Waals surface area (Å²) in [5.74, 6) is 1.73. The van der Waals surface area contributed by atoms with Crippen molar-refractivity contribution in [1.29, 1.82) is 0 Å². The van der Waals surface area contributed by atoms with E-state index >= 15 is 0 Å². The van der Waals surface area contributed by atoms with Crippen LogP contribution in [0.4, 0.5) is 0 Å². The highest BCUT2D eigenvalue weighted by Crippen LogP contribution is 2.38. The number of nitrogens with zero attached hydrogens (tertiary/aromatic N) is 3. The van der Waals surface area contributed by atoms with Crippen molar-refractivity contribution in [1.82, 2.24) is 14.8 Å². The average molecular weight is 320 g/mol. The number of aromatic nitrogens is 3. The van der Waals surface area contributed by atoms with Gasteiger partial charge in [0.05, 0.1) is 5.02 Å². The van der Waals surface area contributed by atoms with E-state index in [1.54, 1.807) is 11.8 Å². The second kappa shape index (κ2) is 6.67. The molecule has 110 valence electrons. The molecule has 3 nitrogen and oxygen atoms in total. The molecule has 1 heterocycles. The Morgan fingerprint density at radius 3 is 2.76 bits per heavy atom. The maximum Gasteiger partial charge on any atom is 0.192 e. The fraction of sp³-hybridized carbons (Fsp3) is 0.375. The summed E-state index contributed by atoms with van der Waals surface area (Å²) in [6, 6.07) is 8.33. The van der Waals surface area contributed by atoms with Gasteiger partial charge in [0, 0.05) is 17.4 Å². The lowest BCUT2D eigenvalue weighted by molar-refractivity contribution is 0.485. The number of hydrogen-bond acceptors (Lipinski definition) is 3. The second-order valence-corrected chi connectivity index (χ2v) is 6.59. The molecule has 0 amide bonds. The fourth-order valence-electron chi connectivity index (χ4n) is 2.83. The van der Waals surface area contributed by atoms with Gasteiger partial charge in [-0.25, -0.2) is 0 Å². The predicted molar refractivity (Wildman–Crippen MR) is 88.9 cm³/mol. The third kappa shape index (κ3) is 3.01. The van der Waals surface area contributed by atoms with Crippen LogP contribution >= 0.6 is 23.4 Å². The van der Waals surface area contributed by atoms with Crippen molar-refractivity contribution in [2.24, 2.45) is 0 Å². The smallest absolute Gasteiger partial charge is 0.192 e. The summed E-state index contributed by atoms with van der Waals surface area (Å²) in [7, 11) is 0. The van der Waals surface area contributed by atoms with E-state index in [1.807, 2.05) is 30.3 Å². The van der Waals surface area contributed by atoms with E-state index in [1.165, 1.54) is 25.7 Å². The summed E-state index contributed by atoms with van der Waals surface area (Å²) in [5.41, 5.74) is 0.962. The monoisotopic (exact) mass is 319 g/mol. The molecule has 0 spiro atoms. The number of halogens is 1. The van der Waals surface area contributed by atoms with Crippen LogP contribution in [0.25, 0.3) is 11.4 Å². The molecule has 0 N–H and O–H groups in total. The van der Waals surface area contributed by atoms with Crippen molar-refractivity contribution in [2.45, 2.75) is 36.9 Å². The van der Waals surface area contributed by atoms with E-state index in [0.29, 0.717) is 6.04 Å². The first-order chi connectivity index (χ1) is 10.3. The maximum absolute atomic E-state index is 6.35. The van der Waals surface area contributed by atoms with Crippen LogP contribution < -0.4 is 0 Å². The molecule has 0 aliphatic heterocycles. The van der Waals surface area contributed by atoms with Gasteiger partial charge in [0.1, 0.15) is 0 Å². The molecular weight excluding hydrogens is 302 g/mol. The maximum atomic E-state index is 6.35. The number of thioether (sulfide) groups is 1. The number of benzene rings is 1. The van der Waals surface area contributed by atoms with Gasteiger partial charge < -0.3 is 0 Å². The molecule has 1 aliphatic carbocycles. The van der Waals surface area contributed by atoms with E-state index in [4.69, 9.17) is 11.6 Å². The zero-order chi connectivity index (χ0) is 14.7. The van der Waals surface area contributed by atoms with Crippen molar-refractivity contribution < 1.29 is 0 Å². The van der Waals surface area contributed by atoms with E-state index in [0.717, 1.165) is 27.3 Å². The van der Waals surface area contributed by atoms with E-state index in [-0.39, 0.29) is 0 Å². The Balaban J connectivity index is 2.05. The van der Waals surface area contributed by atoms with Crippen LogP contribution in [0, 0.1) is 0 Å². The van der Waals surface area contributed by atoms with E-state index < -0.39 is 0 Å². The van der Waals surface area contributed by atoms with Gasteiger partial charge in [-0.05, 0) is 25.0 Å². The van der Waals surface area contributed by atoms with Gasteiger partial charge in [-0.2, -0.15) is 0 Å². The SMILES string of the molecule is C=CCSc1nnc(-c2ccccc2Cl)n1C1CCCC1. The molecule has 1 aromatic heterocycles. The molecular formula is C16H18ClN3S. The van der Waals surface area contributed by atoms with Crippen molar-refractivity contribution in [3.05, 3.63) is 41.9 Å². The van der Waals surface area contributed by atoms with Crippen LogP contribution in [0.2, 0.25) is 5.02 Å². The number of rotatable bonds is 5. The molecule has 2 aromatic rings. The standard InChI is InChI=1S/C16H18ClN3S/c1-2-11-21-16-19-18-15(13-9-5-6-10-14(13)17)20(16)12-7-3-4-8-12/h2,5-6,9-10,12H,1,3-4,7-8,11H2. The first-order valence-corrected chi connectivity index (χ1v) is 8.61. The minimum absolute atomic E-state index is 0.485. The average Bonchev–Trinajstić information content (AvgIpc) is 3.14. The summed E-state index contributed by atoms with van der Waals surface area (Å²) in [4.78, 5) is 0. The zero-order valence-electron chi connectivity index (χ0n) is 11.8. The lowest BCUT2D eigenvalue weighted by Gasteiger charge is -2.17. The van der Waals surface area contributed by atoms with Crippen LogP contribution in [0.3, 0.4) is 0 Å². The molecule has 1 fully saturated rings. The Morgan fingerprint density at radius 2 is 2.05 bits per heavy atom. The third-order valence-corrected chi connectivity index (χ3v) is 5.07. The first kappa shape index (κ1) is 14.7. The highest BCUT2D eigenvalue weighted by Gasteiger charge is 2.25. The minimum atomic E-state index is 0.485. The van der Waals surface area contributed by atoms with Crippen molar-refractivity contribution >= 4 is 23.4 Å². The molecule has 0 saturated heterocycles. The zero-order valence-corrected chi connectivity index (χ0v) is 13.4. The van der Waals surface area contributed by atoms with E-state index in [9.17, 15) is 0 Å². The fourth-order valence-corrected chi connectivity index (χ4v) is 3.79. The second-order valence-electron chi connectivity index (χ2n) is 5.19. The summed E-state index contributed by atoms with van der Waals surface area (Å²) in [6.07, 6.45) is 6.83. The van der Waals surface area contributed by atoms with Crippen LogP contribution in [-0.2, 0) is 0 Å². The van der Waals surface area contributed by atoms with Crippen molar-refractivity contribution in [3.8, 4) is 11.4 Å². The van der Waals surface area contributed by atoms with Crippen molar-refractivity contribution in [3.63, 3.8) is 0 Å². The molecule has 21 heavy (non-hydrogen) atoms. The summed E-state index contributed by atoms with van der Waals surface area (Å²) in [5, 5.41) is 10.5. The largest absolute Gasteiger partial charge is 0.299 e. The van der Waals surface area contributed by atoms with Crippen LogP contribution in [0.15, 0.2) is 42.1 Å². The lowest BCUT2D eigenvalue weighted by Crippen LogP contribution is -2.08. The molecule has 1 aliphatic rings. The Labute approximate surface area is 134 Å². The molecule has 0 bridgehead atoms. The van der Waals surface area contributed by atoms with Gasteiger partial charge >= 0.3 is 0 Å². The molecule has 1 saturated carbocycles. The van der Waals surface area contributed by atoms with Gasteiger partial charge in [0.25, 0.3) is 0 Å². The van der Waals surface area contributed by atoms with Crippen LogP contribution in [0.1, 0.15) is 31.7 Å². The Kier molecular flexibility index (Phi) is 4.66. The molecule has 0 atom stereocenters. The summed E-state index contributed by atoms with van der Waals surface area (Å²) in [6.45, 7) is 3.78. The third-order valence-electron chi connectivity index (χ3n) is 3.80. The summed E-state index contributed by atoms with van der Waals surface area (Å²) >= 11 is 8.03.